The number of hydrogen-bond acceptors (Lipinski definition) is 4. The van der Waals surface area contributed by atoms with Gasteiger partial charge in [0.2, 0.25) is 5.91 Å². The van der Waals surface area contributed by atoms with Crippen LogP contribution in [0.15, 0.2) is 24.3 Å². The van der Waals surface area contributed by atoms with Crippen LogP contribution in [0.2, 0.25) is 0 Å². The molecule has 0 radical (unpaired) electrons. The number of nitrogens with one attached hydrogen (secondary N) is 1. The van der Waals surface area contributed by atoms with Crippen LogP contribution in [0, 0.1) is 5.82 Å². The Hall–Kier alpha value is -1.47. The molecule has 1 aromatic carbocycles. The van der Waals surface area contributed by atoms with Crippen LogP contribution in [0.1, 0.15) is 18.7 Å². The quantitative estimate of drug-likeness (QED) is 0.888. The van der Waals surface area contributed by atoms with Gasteiger partial charge in [0, 0.05) is 12.8 Å². The maximum absolute atomic E-state index is 13.3. The molecular weight excluding hydrogens is 283 g/mol. The molecule has 0 spiro atoms. The van der Waals surface area contributed by atoms with Gasteiger partial charge in [0.1, 0.15) is 21.8 Å². The Bertz CT molecular complexity index is 618. The summed E-state index contributed by atoms with van der Waals surface area (Å²) >= 11 is 0. The van der Waals surface area contributed by atoms with Crippen LogP contribution in [0.5, 0.6) is 0 Å². The Morgan fingerprint density at radius 3 is 2.70 bits per heavy atom. The van der Waals surface area contributed by atoms with Crippen LogP contribution >= 0.6 is 0 Å². The van der Waals surface area contributed by atoms with Gasteiger partial charge >= 0.3 is 0 Å². The molecule has 1 heterocycles. The third-order valence-corrected chi connectivity index (χ3v) is 4.16. The van der Waals surface area contributed by atoms with Gasteiger partial charge in [-0.1, -0.05) is 12.1 Å². The lowest BCUT2D eigenvalue weighted by molar-refractivity contribution is -0.129. The summed E-state index contributed by atoms with van der Waals surface area (Å²) in [4.78, 5) is 13.5. The van der Waals surface area contributed by atoms with Gasteiger partial charge < -0.3 is 4.90 Å². The number of rotatable bonds is 4. The van der Waals surface area contributed by atoms with Crippen LogP contribution in [0.3, 0.4) is 0 Å². The third kappa shape index (κ3) is 3.34. The van der Waals surface area contributed by atoms with E-state index in [1.807, 2.05) is 0 Å². The maximum atomic E-state index is 13.3. The van der Waals surface area contributed by atoms with E-state index in [2.05, 4.69) is 5.32 Å². The zero-order valence-corrected chi connectivity index (χ0v) is 12.2. The fraction of sp³-hybridized carbons (Fsp3) is 0.462. The van der Waals surface area contributed by atoms with Crippen molar-refractivity contribution < 1.29 is 17.6 Å². The smallest absolute Gasteiger partial charge is 0.241 e. The van der Waals surface area contributed by atoms with Crippen molar-refractivity contribution >= 4 is 15.7 Å². The van der Waals surface area contributed by atoms with Crippen molar-refractivity contribution in [2.75, 3.05) is 18.6 Å². The van der Waals surface area contributed by atoms with Gasteiger partial charge in [-0.15, -0.1) is 0 Å². The highest BCUT2D eigenvalue weighted by Gasteiger charge is 2.37. The van der Waals surface area contributed by atoms with E-state index in [4.69, 9.17) is 0 Å². The minimum atomic E-state index is -3.16. The minimum absolute atomic E-state index is 0.0934. The first-order chi connectivity index (χ1) is 9.28. The number of benzene rings is 1. The van der Waals surface area contributed by atoms with Crippen LogP contribution in [-0.4, -0.2) is 43.8 Å². The molecule has 1 saturated heterocycles. The Balaban J connectivity index is 2.24. The van der Waals surface area contributed by atoms with E-state index in [1.54, 1.807) is 19.1 Å². The van der Waals surface area contributed by atoms with Crippen molar-refractivity contribution in [1.29, 1.82) is 0 Å². The Labute approximate surface area is 117 Å². The second kappa shape index (κ2) is 5.49. The minimum Gasteiger partial charge on any atom is -0.321 e. The summed E-state index contributed by atoms with van der Waals surface area (Å²) in [7, 11) is -3.16. The molecule has 1 amide bonds. The van der Waals surface area contributed by atoms with E-state index >= 15 is 0 Å². The summed E-state index contributed by atoms with van der Waals surface area (Å²) in [6, 6.07) is 5.53. The van der Waals surface area contributed by atoms with Crippen LogP contribution < -0.4 is 5.32 Å². The summed E-state index contributed by atoms with van der Waals surface area (Å²) in [6.07, 6.45) is 0.636. The average Bonchev–Trinajstić information content (AvgIpc) is 2.62. The van der Waals surface area contributed by atoms with Gasteiger partial charge in [0.15, 0.2) is 0 Å². The van der Waals surface area contributed by atoms with Gasteiger partial charge in [-0.3, -0.25) is 10.1 Å². The Morgan fingerprint density at radius 2 is 2.10 bits per heavy atom. The van der Waals surface area contributed by atoms with Crippen molar-refractivity contribution in [3.8, 4) is 0 Å². The number of carbonyl (C=O) groups excluding carboxylic acids is 1. The van der Waals surface area contributed by atoms with Gasteiger partial charge in [0.25, 0.3) is 0 Å². The second-order valence-corrected chi connectivity index (χ2v) is 7.27. The molecule has 0 bridgehead atoms. The summed E-state index contributed by atoms with van der Waals surface area (Å²) in [5.41, 5.74) is 0.608. The van der Waals surface area contributed by atoms with Crippen molar-refractivity contribution in [3.63, 3.8) is 0 Å². The average molecular weight is 300 g/mol. The second-order valence-electron chi connectivity index (χ2n) is 5.01. The first kappa shape index (κ1) is 14.9. The van der Waals surface area contributed by atoms with E-state index < -0.39 is 22.0 Å². The molecular formula is C13H17FN2O3S. The van der Waals surface area contributed by atoms with Crippen molar-refractivity contribution in [1.82, 2.24) is 10.2 Å². The predicted molar refractivity (Wildman–Crippen MR) is 73.2 cm³/mol. The van der Waals surface area contributed by atoms with Gasteiger partial charge in [-0.2, -0.15) is 0 Å². The number of hydrogen-bond donors (Lipinski definition) is 1. The largest absolute Gasteiger partial charge is 0.321 e. The lowest BCUT2D eigenvalue weighted by Gasteiger charge is -2.24. The molecule has 2 unspecified atom stereocenters. The number of carbonyl (C=O) groups is 1. The molecule has 1 aliphatic rings. The highest BCUT2D eigenvalue weighted by Crippen LogP contribution is 2.25. The molecule has 2 atom stereocenters. The predicted octanol–water partition coefficient (Wildman–Crippen LogP) is 0.689. The molecule has 110 valence electrons. The normalized spacial score (nSPS) is 23.4. The molecule has 1 fully saturated rings. The van der Waals surface area contributed by atoms with Crippen molar-refractivity contribution in [3.05, 3.63) is 35.6 Å². The van der Waals surface area contributed by atoms with E-state index in [0.717, 1.165) is 6.26 Å². The Kier molecular flexibility index (Phi) is 4.10. The molecule has 0 aromatic heterocycles. The van der Waals surface area contributed by atoms with Crippen LogP contribution in [-0.2, 0) is 14.6 Å². The highest BCUT2D eigenvalue weighted by molar-refractivity contribution is 7.90. The molecule has 20 heavy (non-hydrogen) atoms. The highest BCUT2D eigenvalue weighted by atomic mass is 32.2. The van der Waals surface area contributed by atoms with Gasteiger partial charge in [-0.25, -0.2) is 12.8 Å². The lowest BCUT2D eigenvalue weighted by Crippen LogP contribution is -2.34. The fourth-order valence-electron chi connectivity index (χ4n) is 2.23. The summed E-state index contributed by atoms with van der Waals surface area (Å²) in [5, 5.41) is 3.05. The zero-order chi connectivity index (χ0) is 14.9. The first-order valence-electron chi connectivity index (χ1n) is 6.27. The van der Waals surface area contributed by atoms with Gasteiger partial charge in [0.05, 0.1) is 11.8 Å². The van der Waals surface area contributed by atoms with E-state index in [1.165, 1.54) is 17.0 Å². The summed E-state index contributed by atoms with van der Waals surface area (Å²) < 4.78 is 35.8. The first-order valence-corrected chi connectivity index (χ1v) is 8.34. The maximum Gasteiger partial charge on any atom is 0.241 e. The number of sulfone groups is 1. The summed E-state index contributed by atoms with van der Waals surface area (Å²) in [6.45, 7) is 1.80. The molecule has 2 rings (SSSR count). The number of halogens is 1. The zero-order valence-electron chi connectivity index (χ0n) is 11.3. The molecule has 0 aliphatic carbocycles. The van der Waals surface area contributed by atoms with E-state index in [-0.39, 0.29) is 24.0 Å². The topological polar surface area (TPSA) is 66.5 Å². The standard InChI is InChI=1S/C13H17FN2O3S/c1-9-13(17)16(6-7-20(2,18)19)12(15-9)10-4-3-5-11(14)8-10/h3-5,8-9,12,15H,6-7H2,1-2H3. The van der Waals surface area contributed by atoms with Gasteiger partial charge in [-0.05, 0) is 24.6 Å². The number of nitrogens with zero attached hydrogens (tertiary/aromatic N) is 1. The SMILES string of the molecule is CC1NC(c2cccc(F)c2)N(CCS(C)(=O)=O)C1=O. The van der Waals surface area contributed by atoms with Crippen molar-refractivity contribution in [2.24, 2.45) is 0 Å². The third-order valence-electron chi connectivity index (χ3n) is 3.24. The molecule has 1 aromatic rings. The van der Waals surface area contributed by atoms with Crippen LogP contribution in [0.25, 0.3) is 0 Å². The van der Waals surface area contributed by atoms with E-state index in [9.17, 15) is 17.6 Å². The number of amides is 1. The lowest BCUT2D eigenvalue weighted by atomic mass is 10.1. The fourth-order valence-corrected chi connectivity index (χ4v) is 2.76. The summed E-state index contributed by atoms with van der Waals surface area (Å²) in [5.74, 6) is -0.679. The van der Waals surface area contributed by atoms with Crippen molar-refractivity contribution in [2.45, 2.75) is 19.1 Å². The molecule has 1 N–H and O–H groups in total. The monoisotopic (exact) mass is 300 g/mol. The molecule has 1 aliphatic heterocycles. The molecule has 0 saturated carbocycles. The van der Waals surface area contributed by atoms with E-state index in [0.29, 0.717) is 5.56 Å². The van der Waals surface area contributed by atoms with Crippen LogP contribution in [0.4, 0.5) is 4.39 Å². The molecule has 5 nitrogen and oxygen atoms in total. The Morgan fingerprint density at radius 1 is 1.40 bits per heavy atom. The molecule has 7 heteroatoms.